The molecule has 2 amide bonds. The Balaban J connectivity index is 1.57. The summed E-state index contributed by atoms with van der Waals surface area (Å²) in [5, 5.41) is 0. The van der Waals surface area contributed by atoms with Crippen molar-refractivity contribution in [2.75, 3.05) is 45.9 Å². The van der Waals surface area contributed by atoms with Gasteiger partial charge >= 0.3 is 6.09 Å². The van der Waals surface area contributed by atoms with Crippen LogP contribution in [0.5, 0.6) is 0 Å². The zero-order valence-electron chi connectivity index (χ0n) is 15.6. The summed E-state index contributed by atoms with van der Waals surface area (Å²) in [6.45, 7) is 6.22. The van der Waals surface area contributed by atoms with E-state index in [0.29, 0.717) is 32.1 Å². The van der Waals surface area contributed by atoms with Crippen LogP contribution in [0.15, 0.2) is 29.2 Å². The Bertz CT molecular complexity index is 799. The summed E-state index contributed by atoms with van der Waals surface area (Å²) in [5.74, 6) is 0.0359. The highest BCUT2D eigenvalue weighted by molar-refractivity contribution is 7.89. The Morgan fingerprint density at radius 2 is 1.70 bits per heavy atom. The Morgan fingerprint density at radius 3 is 2.22 bits per heavy atom. The summed E-state index contributed by atoms with van der Waals surface area (Å²) >= 11 is 0. The predicted octanol–water partition coefficient (Wildman–Crippen LogP) is 1.10. The summed E-state index contributed by atoms with van der Waals surface area (Å²) < 4.78 is 31.9. The number of ether oxygens (including phenoxy) is 1. The molecule has 0 aromatic heterocycles. The first-order chi connectivity index (χ1) is 12.8. The first-order valence-electron chi connectivity index (χ1n) is 9.08. The fraction of sp³-hybridized carbons (Fsp3) is 0.556. The number of piperazine rings is 1. The van der Waals surface area contributed by atoms with Gasteiger partial charge < -0.3 is 4.74 Å². The van der Waals surface area contributed by atoms with Crippen LogP contribution >= 0.6 is 0 Å². The molecule has 0 aliphatic carbocycles. The second kappa shape index (κ2) is 7.95. The third kappa shape index (κ3) is 4.31. The summed E-state index contributed by atoms with van der Waals surface area (Å²) in [6, 6.07) is 7.00. The maximum absolute atomic E-state index is 12.8. The van der Waals surface area contributed by atoms with E-state index in [1.165, 1.54) is 4.31 Å². The van der Waals surface area contributed by atoms with Crippen molar-refractivity contribution < 1.29 is 22.7 Å². The number of benzene rings is 1. The highest BCUT2D eigenvalue weighted by atomic mass is 32.2. The van der Waals surface area contributed by atoms with E-state index in [4.69, 9.17) is 4.74 Å². The van der Waals surface area contributed by atoms with Crippen LogP contribution < -0.4 is 0 Å². The smallest absolute Gasteiger partial charge is 0.416 e. The molecule has 148 valence electrons. The molecule has 2 heterocycles. The second-order valence-electron chi connectivity index (χ2n) is 7.06. The topological polar surface area (TPSA) is 87.2 Å². The van der Waals surface area contributed by atoms with Crippen LogP contribution in [0.2, 0.25) is 0 Å². The lowest BCUT2D eigenvalue weighted by molar-refractivity contribution is -0.129. The van der Waals surface area contributed by atoms with E-state index in [2.05, 4.69) is 13.8 Å². The number of carbonyl (C=O) groups is 2. The highest BCUT2D eigenvalue weighted by Crippen LogP contribution is 2.21. The largest absolute Gasteiger partial charge is 0.447 e. The minimum atomic E-state index is -3.54. The Hall–Kier alpha value is -1.97. The van der Waals surface area contributed by atoms with Crippen LogP contribution in [0.4, 0.5) is 4.79 Å². The molecule has 0 unspecified atom stereocenters. The molecule has 0 bridgehead atoms. The van der Waals surface area contributed by atoms with E-state index in [1.54, 1.807) is 12.1 Å². The highest BCUT2D eigenvalue weighted by Gasteiger charge is 2.32. The molecule has 1 aromatic carbocycles. The molecule has 0 saturated carbocycles. The molecule has 0 spiro atoms. The van der Waals surface area contributed by atoms with Gasteiger partial charge in [-0.05, 0) is 23.6 Å². The van der Waals surface area contributed by atoms with Gasteiger partial charge in [-0.1, -0.05) is 26.0 Å². The molecule has 8 nitrogen and oxygen atoms in total. The molecular formula is C18H25N3O5S. The normalized spacial score (nSPS) is 19.5. The van der Waals surface area contributed by atoms with Crippen molar-refractivity contribution in [2.45, 2.75) is 24.7 Å². The lowest BCUT2D eigenvalue weighted by atomic mass is 10.0. The van der Waals surface area contributed by atoms with Crippen molar-refractivity contribution in [3.8, 4) is 0 Å². The molecular weight excluding hydrogens is 370 g/mol. The molecule has 2 saturated heterocycles. The van der Waals surface area contributed by atoms with Crippen molar-refractivity contribution in [2.24, 2.45) is 0 Å². The third-order valence-electron chi connectivity index (χ3n) is 4.94. The zero-order chi connectivity index (χ0) is 19.6. The fourth-order valence-corrected chi connectivity index (χ4v) is 4.62. The van der Waals surface area contributed by atoms with Crippen LogP contribution in [-0.4, -0.2) is 80.4 Å². The maximum atomic E-state index is 12.8. The molecule has 0 N–H and O–H groups in total. The summed E-state index contributed by atoms with van der Waals surface area (Å²) in [6.07, 6.45) is -0.606. The number of rotatable bonds is 5. The molecule has 2 aliphatic heterocycles. The fourth-order valence-electron chi connectivity index (χ4n) is 3.20. The molecule has 1 aromatic rings. The number of carbonyl (C=O) groups excluding carboxylic acids is 2. The van der Waals surface area contributed by atoms with Gasteiger partial charge in [0.25, 0.3) is 0 Å². The molecule has 0 radical (unpaired) electrons. The van der Waals surface area contributed by atoms with E-state index >= 15 is 0 Å². The van der Waals surface area contributed by atoms with Crippen LogP contribution in [-0.2, 0) is 19.6 Å². The monoisotopic (exact) mass is 395 g/mol. The average molecular weight is 395 g/mol. The predicted molar refractivity (Wildman–Crippen MR) is 98.8 cm³/mol. The lowest BCUT2D eigenvalue weighted by Crippen LogP contribution is -2.51. The van der Waals surface area contributed by atoms with Crippen molar-refractivity contribution in [1.82, 2.24) is 14.1 Å². The van der Waals surface area contributed by atoms with Gasteiger partial charge in [-0.2, -0.15) is 4.31 Å². The van der Waals surface area contributed by atoms with Gasteiger partial charge in [0, 0.05) is 26.2 Å². The number of nitrogens with zero attached hydrogens (tertiary/aromatic N) is 3. The van der Waals surface area contributed by atoms with Gasteiger partial charge in [-0.15, -0.1) is 0 Å². The standard InChI is InChI=1S/C18H25N3O5S/c1-14(2)15-3-5-16(6-4-15)27(24,25)20-9-7-19(8-10-20)13-17(22)21-11-12-26-18(21)23/h3-6,14H,7-13H2,1-2H3. The third-order valence-corrected chi connectivity index (χ3v) is 6.85. The van der Waals surface area contributed by atoms with Crippen LogP contribution in [0, 0.1) is 0 Å². The quantitative estimate of drug-likeness (QED) is 0.742. The molecule has 9 heteroatoms. The molecule has 2 fully saturated rings. The van der Waals surface area contributed by atoms with Crippen LogP contribution in [0.1, 0.15) is 25.3 Å². The number of cyclic esters (lactones) is 1. The average Bonchev–Trinajstić information content (AvgIpc) is 3.08. The summed E-state index contributed by atoms with van der Waals surface area (Å²) in [7, 11) is -3.54. The minimum Gasteiger partial charge on any atom is -0.447 e. The SMILES string of the molecule is CC(C)c1ccc(S(=O)(=O)N2CCN(CC(=O)N3CCOC3=O)CC2)cc1. The van der Waals surface area contributed by atoms with Crippen molar-refractivity contribution in [3.05, 3.63) is 29.8 Å². The number of hydrogen-bond acceptors (Lipinski definition) is 6. The van der Waals surface area contributed by atoms with E-state index in [1.807, 2.05) is 17.0 Å². The van der Waals surface area contributed by atoms with Crippen molar-refractivity contribution in [3.63, 3.8) is 0 Å². The Kier molecular flexibility index (Phi) is 5.83. The molecule has 0 atom stereocenters. The maximum Gasteiger partial charge on any atom is 0.416 e. The van der Waals surface area contributed by atoms with E-state index < -0.39 is 16.1 Å². The van der Waals surface area contributed by atoms with Crippen LogP contribution in [0.25, 0.3) is 0 Å². The minimum absolute atomic E-state index is 0.0894. The van der Waals surface area contributed by atoms with E-state index in [0.717, 1.165) is 10.5 Å². The lowest BCUT2D eigenvalue weighted by Gasteiger charge is -2.33. The number of imide groups is 1. The molecule has 2 aliphatic rings. The summed E-state index contributed by atoms with van der Waals surface area (Å²) in [4.78, 5) is 26.9. The Labute approximate surface area is 159 Å². The number of amides is 2. The number of sulfonamides is 1. The second-order valence-corrected chi connectivity index (χ2v) is 9.00. The summed E-state index contributed by atoms with van der Waals surface area (Å²) in [5.41, 5.74) is 1.10. The first kappa shape index (κ1) is 19.8. The first-order valence-corrected chi connectivity index (χ1v) is 10.5. The number of hydrogen-bond donors (Lipinski definition) is 0. The van der Waals surface area contributed by atoms with E-state index in [9.17, 15) is 18.0 Å². The van der Waals surface area contributed by atoms with Crippen LogP contribution in [0.3, 0.4) is 0 Å². The Morgan fingerprint density at radius 1 is 1.07 bits per heavy atom. The van der Waals surface area contributed by atoms with Crippen molar-refractivity contribution >= 4 is 22.0 Å². The van der Waals surface area contributed by atoms with Gasteiger partial charge in [0.1, 0.15) is 6.61 Å². The van der Waals surface area contributed by atoms with Gasteiger partial charge in [0.2, 0.25) is 15.9 Å². The zero-order valence-corrected chi connectivity index (χ0v) is 16.4. The molecule has 27 heavy (non-hydrogen) atoms. The van der Waals surface area contributed by atoms with Gasteiger partial charge in [0.15, 0.2) is 0 Å². The van der Waals surface area contributed by atoms with Crippen molar-refractivity contribution in [1.29, 1.82) is 0 Å². The van der Waals surface area contributed by atoms with E-state index in [-0.39, 0.29) is 30.5 Å². The van der Waals surface area contributed by atoms with Gasteiger partial charge in [-0.3, -0.25) is 9.69 Å². The van der Waals surface area contributed by atoms with Gasteiger partial charge in [-0.25, -0.2) is 18.1 Å². The van der Waals surface area contributed by atoms with Gasteiger partial charge in [0.05, 0.1) is 18.0 Å². The molecule has 3 rings (SSSR count).